The molecule has 23 heavy (non-hydrogen) atoms. The van der Waals surface area contributed by atoms with E-state index in [2.05, 4.69) is 9.71 Å². The van der Waals surface area contributed by atoms with E-state index in [1.165, 1.54) is 18.5 Å². The van der Waals surface area contributed by atoms with E-state index in [0.29, 0.717) is 22.5 Å². The number of oxazole rings is 1. The van der Waals surface area contributed by atoms with Crippen LogP contribution in [0.4, 0.5) is 5.69 Å². The normalized spacial score (nSPS) is 11.8. The predicted octanol–water partition coefficient (Wildman–Crippen LogP) is 3.42. The van der Waals surface area contributed by atoms with E-state index in [4.69, 9.17) is 9.15 Å². The van der Waals surface area contributed by atoms with Crippen molar-refractivity contribution in [2.24, 2.45) is 0 Å². The molecule has 0 amide bonds. The molecule has 1 heterocycles. The SMILES string of the molecule is CC(C)Oc1ccccc1NS(=O)(=O)c1ccc2ncoc2c1. The predicted molar refractivity (Wildman–Crippen MR) is 87.0 cm³/mol. The van der Waals surface area contributed by atoms with Gasteiger partial charge in [0.2, 0.25) is 0 Å². The number of hydrogen-bond donors (Lipinski definition) is 1. The maximum absolute atomic E-state index is 12.6. The van der Waals surface area contributed by atoms with Crippen LogP contribution in [0.5, 0.6) is 5.75 Å². The molecular weight excluding hydrogens is 316 g/mol. The summed E-state index contributed by atoms with van der Waals surface area (Å²) in [4.78, 5) is 4.07. The van der Waals surface area contributed by atoms with Crippen molar-refractivity contribution in [3.63, 3.8) is 0 Å². The lowest BCUT2D eigenvalue weighted by atomic mass is 10.3. The standard InChI is InChI=1S/C16H16N2O4S/c1-11(2)22-15-6-4-3-5-14(15)18-23(19,20)12-7-8-13-16(9-12)21-10-17-13/h3-11,18H,1-2H3. The average molecular weight is 332 g/mol. The quantitative estimate of drug-likeness (QED) is 0.774. The van der Waals surface area contributed by atoms with Gasteiger partial charge in [-0.15, -0.1) is 0 Å². The topological polar surface area (TPSA) is 81.4 Å². The van der Waals surface area contributed by atoms with Gasteiger partial charge >= 0.3 is 0 Å². The van der Waals surface area contributed by atoms with Crippen molar-refractivity contribution < 1.29 is 17.6 Å². The number of rotatable bonds is 5. The third-order valence-electron chi connectivity index (χ3n) is 3.11. The molecule has 0 aliphatic rings. The monoisotopic (exact) mass is 332 g/mol. The number of ether oxygens (including phenoxy) is 1. The Kier molecular flexibility index (Phi) is 3.96. The molecule has 1 aromatic heterocycles. The minimum absolute atomic E-state index is 0.0637. The number of hydrogen-bond acceptors (Lipinski definition) is 5. The lowest BCUT2D eigenvalue weighted by molar-refractivity contribution is 0.244. The van der Waals surface area contributed by atoms with Crippen LogP contribution >= 0.6 is 0 Å². The number of para-hydroxylation sites is 2. The number of benzene rings is 2. The lowest BCUT2D eigenvalue weighted by Crippen LogP contribution is -2.15. The molecule has 3 rings (SSSR count). The second kappa shape index (κ2) is 5.92. The molecule has 6 nitrogen and oxygen atoms in total. The molecule has 7 heteroatoms. The highest BCUT2D eigenvalue weighted by atomic mass is 32.2. The van der Waals surface area contributed by atoms with Gasteiger partial charge in [-0.1, -0.05) is 12.1 Å². The van der Waals surface area contributed by atoms with Crippen molar-refractivity contribution in [3.05, 3.63) is 48.9 Å². The largest absolute Gasteiger partial charge is 0.489 e. The van der Waals surface area contributed by atoms with E-state index < -0.39 is 10.0 Å². The maximum atomic E-state index is 12.6. The fourth-order valence-corrected chi connectivity index (χ4v) is 3.20. The van der Waals surface area contributed by atoms with Gasteiger partial charge in [0.25, 0.3) is 10.0 Å². The Labute approximate surface area is 134 Å². The number of nitrogens with zero attached hydrogens (tertiary/aromatic N) is 1. The summed E-state index contributed by atoms with van der Waals surface area (Å²) in [6.45, 7) is 3.76. The number of aromatic nitrogens is 1. The third kappa shape index (κ3) is 3.29. The lowest BCUT2D eigenvalue weighted by Gasteiger charge is -2.15. The first kappa shape index (κ1) is 15.4. The number of anilines is 1. The molecule has 0 aliphatic carbocycles. The molecule has 0 unspecified atom stereocenters. The first-order valence-corrected chi connectivity index (χ1v) is 8.56. The third-order valence-corrected chi connectivity index (χ3v) is 4.47. The second-order valence-electron chi connectivity index (χ2n) is 5.25. The summed E-state index contributed by atoms with van der Waals surface area (Å²) in [5, 5.41) is 0. The molecule has 0 aliphatic heterocycles. The Hall–Kier alpha value is -2.54. The minimum atomic E-state index is -3.76. The van der Waals surface area contributed by atoms with E-state index in [1.54, 1.807) is 30.3 Å². The smallest absolute Gasteiger partial charge is 0.262 e. The van der Waals surface area contributed by atoms with Crippen LogP contribution in [0, 0.1) is 0 Å². The van der Waals surface area contributed by atoms with Gasteiger partial charge in [0.1, 0.15) is 11.3 Å². The zero-order chi connectivity index (χ0) is 16.4. The number of sulfonamides is 1. The van der Waals surface area contributed by atoms with Gasteiger partial charge < -0.3 is 9.15 Å². The Bertz CT molecular complexity index is 932. The molecule has 3 aromatic rings. The van der Waals surface area contributed by atoms with Gasteiger partial charge in [0, 0.05) is 6.07 Å². The summed E-state index contributed by atoms with van der Waals surface area (Å²) in [5.74, 6) is 0.479. The summed E-state index contributed by atoms with van der Waals surface area (Å²) in [7, 11) is -3.76. The molecule has 0 fully saturated rings. The van der Waals surface area contributed by atoms with Crippen LogP contribution in [0.1, 0.15) is 13.8 Å². The van der Waals surface area contributed by atoms with Crippen molar-refractivity contribution in [3.8, 4) is 5.75 Å². The average Bonchev–Trinajstić information content (AvgIpc) is 2.96. The molecular formula is C16H16N2O4S. The van der Waals surface area contributed by atoms with Gasteiger partial charge in [0.15, 0.2) is 12.0 Å². The summed E-state index contributed by atoms with van der Waals surface area (Å²) < 4.78 is 38.5. The van der Waals surface area contributed by atoms with Gasteiger partial charge in [-0.2, -0.15) is 0 Å². The Morgan fingerprint density at radius 2 is 1.96 bits per heavy atom. The molecule has 0 radical (unpaired) electrons. The van der Waals surface area contributed by atoms with Crippen molar-refractivity contribution >= 4 is 26.8 Å². The van der Waals surface area contributed by atoms with Crippen LogP contribution in [0.3, 0.4) is 0 Å². The van der Waals surface area contributed by atoms with Gasteiger partial charge in [-0.05, 0) is 38.1 Å². The maximum Gasteiger partial charge on any atom is 0.262 e. The number of fused-ring (bicyclic) bond motifs is 1. The fraction of sp³-hybridized carbons (Fsp3) is 0.188. The molecule has 0 atom stereocenters. The van der Waals surface area contributed by atoms with Crippen molar-refractivity contribution in [1.82, 2.24) is 4.98 Å². The summed E-state index contributed by atoms with van der Waals surface area (Å²) >= 11 is 0. The Balaban J connectivity index is 1.95. The van der Waals surface area contributed by atoms with Gasteiger partial charge in [-0.25, -0.2) is 13.4 Å². The summed E-state index contributed by atoms with van der Waals surface area (Å²) in [6.07, 6.45) is 1.21. The van der Waals surface area contributed by atoms with Crippen LogP contribution in [0.2, 0.25) is 0 Å². The van der Waals surface area contributed by atoms with E-state index in [0.717, 1.165) is 0 Å². The van der Waals surface area contributed by atoms with Crippen LogP contribution < -0.4 is 9.46 Å². The molecule has 120 valence electrons. The van der Waals surface area contributed by atoms with Crippen LogP contribution in [0.15, 0.2) is 58.2 Å². The van der Waals surface area contributed by atoms with E-state index in [9.17, 15) is 8.42 Å². The minimum Gasteiger partial charge on any atom is -0.489 e. The second-order valence-corrected chi connectivity index (χ2v) is 6.93. The van der Waals surface area contributed by atoms with Gasteiger partial charge in [0.05, 0.1) is 16.7 Å². The molecule has 2 aromatic carbocycles. The highest BCUT2D eigenvalue weighted by Gasteiger charge is 2.18. The van der Waals surface area contributed by atoms with E-state index in [-0.39, 0.29) is 11.0 Å². The number of nitrogens with one attached hydrogen (secondary N) is 1. The highest BCUT2D eigenvalue weighted by Crippen LogP contribution is 2.28. The first-order valence-electron chi connectivity index (χ1n) is 7.07. The van der Waals surface area contributed by atoms with Crippen molar-refractivity contribution in [1.29, 1.82) is 0 Å². The molecule has 0 bridgehead atoms. The Morgan fingerprint density at radius 3 is 2.74 bits per heavy atom. The van der Waals surface area contributed by atoms with E-state index in [1.807, 2.05) is 13.8 Å². The van der Waals surface area contributed by atoms with Crippen LogP contribution in [-0.4, -0.2) is 19.5 Å². The zero-order valence-corrected chi connectivity index (χ0v) is 13.5. The summed E-state index contributed by atoms with van der Waals surface area (Å²) in [5.41, 5.74) is 1.41. The highest BCUT2D eigenvalue weighted by molar-refractivity contribution is 7.92. The van der Waals surface area contributed by atoms with Gasteiger partial charge in [-0.3, -0.25) is 4.72 Å². The molecule has 1 N–H and O–H groups in total. The van der Waals surface area contributed by atoms with E-state index >= 15 is 0 Å². The Morgan fingerprint density at radius 1 is 1.17 bits per heavy atom. The molecule has 0 saturated carbocycles. The van der Waals surface area contributed by atoms with Crippen LogP contribution in [0.25, 0.3) is 11.1 Å². The fourth-order valence-electron chi connectivity index (χ4n) is 2.11. The van der Waals surface area contributed by atoms with Crippen molar-refractivity contribution in [2.45, 2.75) is 24.8 Å². The zero-order valence-electron chi connectivity index (χ0n) is 12.7. The van der Waals surface area contributed by atoms with Crippen molar-refractivity contribution in [2.75, 3.05) is 4.72 Å². The van der Waals surface area contributed by atoms with Crippen LogP contribution in [-0.2, 0) is 10.0 Å². The molecule has 0 spiro atoms. The first-order chi connectivity index (χ1) is 11.0. The summed E-state index contributed by atoms with van der Waals surface area (Å²) in [6, 6.07) is 11.4. The molecule has 0 saturated heterocycles.